The second-order valence-corrected chi connectivity index (χ2v) is 5.27. The number of nitrogens with one attached hydrogen (secondary N) is 1. The summed E-state index contributed by atoms with van der Waals surface area (Å²) in [5, 5.41) is 25.6. The van der Waals surface area contributed by atoms with E-state index in [4.69, 9.17) is 4.74 Å². The molecule has 0 aliphatic heterocycles. The standard InChI is InChI=1S/C16H18N4O9/c1-3-28-15(22)8-12(14(21)9-16(23)29-4-2)18-17-11-6-5-10(19(24)25)7-13(11)20(26)27/h5-7,17H,3-4,8-9H2,1-2H3/b18-12+. The molecule has 13 heteroatoms. The van der Waals surface area contributed by atoms with Crippen LogP contribution in [0.15, 0.2) is 23.3 Å². The third-order valence-corrected chi connectivity index (χ3v) is 3.25. The maximum absolute atomic E-state index is 12.2. The van der Waals surface area contributed by atoms with Crippen LogP contribution in [-0.2, 0) is 23.9 Å². The molecule has 0 saturated carbocycles. The van der Waals surface area contributed by atoms with Gasteiger partial charge in [-0.15, -0.1) is 0 Å². The molecule has 1 N–H and O–H groups in total. The van der Waals surface area contributed by atoms with Gasteiger partial charge in [0.2, 0.25) is 0 Å². The minimum atomic E-state index is -0.879. The highest BCUT2D eigenvalue weighted by atomic mass is 16.6. The first-order chi connectivity index (χ1) is 13.7. The number of nitro groups is 2. The molecule has 0 amide bonds. The fourth-order valence-electron chi connectivity index (χ4n) is 2.00. The molecule has 156 valence electrons. The smallest absolute Gasteiger partial charge is 0.313 e. The fraction of sp³-hybridized carbons (Fsp3) is 0.375. The van der Waals surface area contributed by atoms with Gasteiger partial charge in [0.05, 0.1) is 35.5 Å². The van der Waals surface area contributed by atoms with Gasteiger partial charge < -0.3 is 9.47 Å². The van der Waals surface area contributed by atoms with Gasteiger partial charge >= 0.3 is 17.6 Å². The molecule has 0 spiro atoms. The zero-order valence-electron chi connectivity index (χ0n) is 15.6. The SMILES string of the molecule is CCOC(=O)CC(=O)/C(CC(=O)OCC)=N/Nc1ccc([N+](=O)[O-])cc1[N+](=O)[O-]. The molecule has 1 rings (SSSR count). The number of rotatable bonds is 11. The average Bonchev–Trinajstić information content (AvgIpc) is 2.64. The molecular weight excluding hydrogens is 392 g/mol. The van der Waals surface area contributed by atoms with E-state index in [0.29, 0.717) is 6.07 Å². The van der Waals surface area contributed by atoms with Crippen LogP contribution in [0.5, 0.6) is 0 Å². The van der Waals surface area contributed by atoms with Gasteiger partial charge in [0, 0.05) is 6.07 Å². The van der Waals surface area contributed by atoms with Gasteiger partial charge in [0.25, 0.3) is 5.69 Å². The summed E-state index contributed by atoms with van der Waals surface area (Å²) < 4.78 is 9.39. The number of hydrogen-bond acceptors (Lipinski definition) is 11. The summed E-state index contributed by atoms with van der Waals surface area (Å²) in [6.45, 7) is 3.18. The topological polar surface area (TPSA) is 180 Å². The van der Waals surface area contributed by atoms with Crippen molar-refractivity contribution < 1.29 is 33.7 Å². The summed E-state index contributed by atoms with van der Waals surface area (Å²) in [7, 11) is 0. The predicted octanol–water partition coefficient (Wildman–Crippen LogP) is 1.75. The lowest BCUT2D eigenvalue weighted by atomic mass is 10.1. The predicted molar refractivity (Wildman–Crippen MR) is 98.3 cm³/mol. The molecule has 0 atom stereocenters. The van der Waals surface area contributed by atoms with Crippen molar-refractivity contribution in [3.63, 3.8) is 0 Å². The quantitative estimate of drug-likeness (QED) is 0.185. The summed E-state index contributed by atoms with van der Waals surface area (Å²) >= 11 is 0. The van der Waals surface area contributed by atoms with Crippen molar-refractivity contribution in [1.29, 1.82) is 0 Å². The highest BCUT2D eigenvalue weighted by Gasteiger charge is 2.23. The summed E-state index contributed by atoms with van der Waals surface area (Å²) in [4.78, 5) is 55.7. The Morgan fingerprint density at radius 1 is 1.00 bits per heavy atom. The van der Waals surface area contributed by atoms with Crippen LogP contribution in [0.4, 0.5) is 17.1 Å². The van der Waals surface area contributed by atoms with Crippen molar-refractivity contribution >= 4 is 40.5 Å². The zero-order chi connectivity index (χ0) is 22.0. The summed E-state index contributed by atoms with van der Waals surface area (Å²) in [6.07, 6.45) is -1.30. The molecule has 0 aliphatic carbocycles. The Balaban J connectivity index is 3.17. The Bertz CT molecular complexity index is 851. The number of non-ortho nitro benzene ring substituents is 1. The van der Waals surface area contributed by atoms with E-state index in [1.807, 2.05) is 0 Å². The van der Waals surface area contributed by atoms with E-state index < -0.39 is 57.5 Å². The van der Waals surface area contributed by atoms with E-state index in [1.165, 1.54) is 0 Å². The number of benzene rings is 1. The Kier molecular flexibility index (Phi) is 8.82. The van der Waals surface area contributed by atoms with Gasteiger partial charge in [-0.1, -0.05) is 0 Å². The maximum atomic E-state index is 12.2. The van der Waals surface area contributed by atoms with Crippen molar-refractivity contribution in [2.24, 2.45) is 5.10 Å². The molecule has 0 saturated heterocycles. The first-order valence-corrected chi connectivity index (χ1v) is 8.29. The van der Waals surface area contributed by atoms with Crippen LogP contribution >= 0.6 is 0 Å². The Labute approximate surface area is 164 Å². The number of nitrogens with zero attached hydrogens (tertiary/aromatic N) is 3. The Morgan fingerprint density at radius 2 is 1.59 bits per heavy atom. The van der Waals surface area contributed by atoms with Gasteiger partial charge in [-0.3, -0.25) is 40.0 Å². The summed E-state index contributed by atoms with van der Waals surface area (Å²) in [6, 6.07) is 2.73. The molecule has 0 radical (unpaired) electrons. The number of carbonyl (C=O) groups excluding carboxylic acids is 3. The van der Waals surface area contributed by atoms with Crippen LogP contribution in [-0.4, -0.2) is 46.5 Å². The van der Waals surface area contributed by atoms with Gasteiger partial charge in [0.15, 0.2) is 5.78 Å². The molecule has 1 aromatic carbocycles. The van der Waals surface area contributed by atoms with Crippen LogP contribution in [0, 0.1) is 20.2 Å². The number of hydrogen-bond donors (Lipinski definition) is 1. The molecule has 13 nitrogen and oxygen atoms in total. The van der Waals surface area contributed by atoms with E-state index in [-0.39, 0.29) is 18.9 Å². The molecule has 1 aromatic rings. The Morgan fingerprint density at radius 3 is 2.10 bits per heavy atom. The van der Waals surface area contributed by atoms with Crippen LogP contribution in [0.2, 0.25) is 0 Å². The lowest BCUT2D eigenvalue weighted by Crippen LogP contribution is -2.24. The number of anilines is 1. The number of ketones is 1. The average molecular weight is 410 g/mol. The monoisotopic (exact) mass is 410 g/mol. The zero-order valence-corrected chi connectivity index (χ0v) is 15.6. The first-order valence-electron chi connectivity index (χ1n) is 8.29. The minimum Gasteiger partial charge on any atom is -0.466 e. The highest BCUT2D eigenvalue weighted by Crippen LogP contribution is 2.29. The molecule has 0 aromatic heterocycles. The van der Waals surface area contributed by atoms with Crippen LogP contribution < -0.4 is 5.43 Å². The van der Waals surface area contributed by atoms with Crippen molar-refractivity contribution in [2.75, 3.05) is 18.6 Å². The van der Waals surface area contributed by atoms with Crippen LogP contribution in [0.3, 0.4) is 0 Å². The van der Waals surface area contributed by atoms with Gasteiger partial charge in [-0.25, -0.2) is 0 Å². The second-order valence-electron chi connectivity index (χ2n) is 5.27. The number of esters is 2. The van der Waals surface area contributed by atoms with E-state index in [1.54, 1.807) is 13.8 Å². The number of Topliss-reactive ketones (excluding diaryl/α,β-unsaturated/α-hetero) is 1. The van der Waals surface area contributed by atoms with Gasteiger partial charge in [-0.2, -0.15) is 5.10 Å². The fourth-order valence-corrected chi connectivity index (χ4v) is 2.00. The number of ether oxygens (including phenoxy) is 2. The normalized spacial score (nSPS) is 10.8. The lowest BCUT2D eigenvalue weighted by Gasteiger charge is -2.07. The molecular formula is C16H18N4O9. The van der Waals surface area contributed by atoms with E-state index in [0.717, 1.165) is 12.1 Å². The lowest BCUT2D eigenvalue weighted by molar-refractivity contribution is -0.393. The van der Waals surface area contributed by atoms with E-state index in [9.17, 15) is 34.6 Å². The summed E-state index contributed by atoms with van der Waals surface area (Å²) in [5.74, 6) is -2.49. The molecule has 0 unspecified atom stereocenters. The summed E-state index contributed by atoms with van der Waals surface area (Å²) in [5.41, 5.74) is 0.365. The van der Waals surface area contributed by atoms with Crippen molar-refractivity contribution in [3.8, 4) is 0 Å². The number of hydrazone groups is 1. The number of carbonyl (C=O) groups is 3. The molecule has 0 fully saturated rings. The largest absolute Gasteiger partial charge is 0.466 e. The van der Waals surface area contributed by atoms with Gasteiger partial charge in [0.1, 0.15) is 17.8 Å². The number of nitro benzene ring substituents is 2. The van der Waals surface area contributed by atoms with Crippen molar-refractivity contribution in [2.45, 2.75) is 26.7 Å². The molecule has 0 bridgehead atoms. The van der Waals surface area contributed by atoms with Gasteiger partial charge in [-0.05, 0) is 19.9 Å². The van der Waals surface area contributed by atoms with Crippen LogP contribution in [0.25, 0.3) is 0 Å². The maximum Gasteiger partial charge on any atom is 0.313 e. The molecule has 0 aliphatic rings. The Hall–Kier alpha value is -3.90. The van der Waals surface area contributed by atoms with Crippen molar-refractivity contribution in [1.82, 2.24) is 0 Å². The third kappa shape index (κ3) is 7.32. The minimum absolute atomic E-state index is 0.0411. The second kappa shape index (κ2) is 11.1. The first kappa shape index (κ1) is 23.1. The van der Waals surface area contributed by atoms with Crippen molar-refractivity contribution in [3.05, 3.63) is 38.4 Å². The molecule has 29 heavy (non-hydrogen) atoms. The van der Waals surface area contributed by atoms with E-state index >= 15 is 0 Å². The van der Waals surface area contributed by atoms with Crippen LogP contribution in [0.1, 0.15) is 26.7 Å². The highest BCUT2D eigenvalue weighted by molar-refractivity contribution is 6.44. The third-order valence-electron chi connectivity index (χ3n) is 3.25. The molecule has 0 heterocycles. The van der Waals surface area contributed by atoms with E-state index in [2.05, 4.69) is 15.3 Å².